The second-order valence-electron chi connectivity index (χ2n) is 6.01. The van der Waals surface area contributed by atoms with Crippen molar-refractivity contribution >= 4 is 0 Å². The van der Waals surface area contributed by atoms with Crippen LogP contribution in [0.1, 0.15) is 85.5 Å². The van der Waals surface area contributed by atoms with Gasteiger partial charge in [-0.1, -0.05) is 92.4 Å². The third-order valence-electron chi connectivity index (χ3n) is 4.47. The van der Waals surface area contributed by atoms with Crippen molar-refractivity contribution in [2.75, 3.05) is 0 Å². The molecule has 0 nitrogen and oxygen atoms in total. The third kappa shape index (κ3) is 8.69. The fraction of sp³-hybridized carbons (Fsp3) is 0.941. The minimum Gasteiger partial charge on any atom is -0.0654 e. The molecule has 0 saturated carbocycles. The lowest BCUT2D eigenvalue weighted by molar-refractivity contribution is 0.250. The van der Waals surface area contributed by atoms with Gasteiger partial charge < -0.3 is 0 Å². The molecule has 0 heterocycles. The summed E-state index contributed by atoms with van der Waals surface area (Å²) in [4.78, 5) is 0. The maximum Gasteiger partial charge on any atom is -0.0391 e. The summed E-state index contributed by atoms with van der Waals surface area (Å²) < 4.78 is 0. The molecule has 3 unspecified atom stereocenters. The van der Waals surface area contributed by atoms with Gasteiger partial charge in [0.15, 0.2) is 0 Å². The molecule has 0 rings (SSSR count). The van der Waals surface area contributed by atoms with Gasteiger partial charge >= 0.3 is 0 Å². The van der Waals surface area contributed by atoms with Gasteiger partial charge in [-0.3, -0.25) is 0 Å². The average Bonchev–Trinajstić information content (AvgIpc) is 2.32. The molecule has 0 aromatic carbocycles. The largest absolute Gasteiger partial charge is 0.0654 e. The van der Waals surface area contributed by atoms with Crippen LogP contribution in [0.3, 0.4) is 0 Å². The first-order chi connectivity index (χ1) is 8.13. The van der Waals surface area contributed by atoms with E-state index >= 15 is 0 Å². The molecule has 0 aliphatic rings. The molecule has 3 atom stereocenters. The summed E-state index contributed by atoms with van der Waals surface area (Å²) in [7, 11) is 0. The maximum absolute atomic E-state index is 3.97. The number of rotatable bonds is 11. The van der Waals surface area contributed by atoms with Crippen LogP contribution in [0.5, 0.6) is 0 Å². The van der Waals surface area contributed by atoms with E-state index in [2.05, 4.69) is 34.6 Å². The van der Waals surface area contributed by atoms with Crippen molar-refractivity contribution in [3.8, 4) is 0 Å². The molecular formula is C17H35. The minimum atomic E-state index is 0.850. The summed E-state index contributed by atoms with van der Waals surface area (Å²) in [6, 6.07) is 0. The average molecular weight is 239 g/mol. The number of hydrogen-bond donors (Lipinski definition) is 0. The van der Waals surface area contributed by atoms with Crippen LogP contribution in [-0.4, -0.2) is 0 Å². The SMILES string of the molecule is [CH2]CCC(C)C(C)C(C)CCCCCCCC. The fourth-order valence-electron chi connectivity index (χ4n) is 2.66. The number of hydrogen-bond acceptors (Lipinski definition) is 0. The summed E-state index contributed by atoms with van der Waals surface area (Å²) in [6.45, 7) is 13.5. The molecular weight excluding hydrogens is 204 g/mol. The second-order valence-corrected chi connectivity index (χ2v) is 6.01. The first kappa shape index (κ1) is 17.0. The molecule has 103 valence electrons. The summed E-state index contributed by atoms with van der Waals surface area (Å²) in [5, 5.41) is 0. The summed E-state index contributed by atoms with van der Waals surface area (Å²) in [6.07, 6.45) is 12.4. The molecule has 0 heteroatoms. The fourth-order valence-corrected chi connectivity index (χ4v) is 2.66. The van der Waals surface area contributed by atoms with Crippen LogP contribution in [0.15, 0.2) is 0 Å². The lowest BCUT2D eigenvalue weighted by Gasteiger charge is -2.26. The van der Waals surface area contributed by atoms with Crippen molar-refractivity contribution in [3.05, 3.63) is 6.92 Å². The van der Waals surface area contributed by atoms with E-state index in [0.717, 1.165) is 24.2 Å². The highest BCUT2D eigenvalue weighted by Gasteiger charge is 2.17. The van der Waals surface area contributed by atoms with E-state index in [9.17, 15) is 0 Å². The predicted octanol–water partition coefficient (Wildman–Crippen LogP) is 6.26. The van der Waals surface area contributed by atoms with E-state index in [1.54, 1.807) is 0 Å². The Morgan fingerprint density at radius 3 is 1.88 bits per heavy atom. The Labute approximate surface area is 111 Å². The van der Waals surface area contributed by atoms with E-state index in [0.29, 0.717) is 0 Å². The molecule has 1 radical (unpaired) electrons. The molecule has 0 aromatic heterocycles. The highest BCUT2D eigenvalue weighted by molar-refractivity contribution is 4.69. The van der Waals surface area contributed by atoms with Crippen LogP contribution in [0.2, 0.25) is 0 Å². The van der Waals surface area contributed by atoms with Crippen LogP contribution in [0.25, 0.3) is 0 Å². The van der Waals surface area contributed by atoms with Crippen LogP contribution < -0.4 is 0 Å². The van der Waals surface area contributed by atoms with Gasteiger partial charge in [-0.2, -0.15) is 0 Å². The van der Waals surface area contributed by atoms with Crippen LogP contribution >= 0.6 is 0 Å². The summed E-state index contributed by atoms with van der Waals surface area (Å²) in [5.74, 6) is 2.61. The van der Waals surface area contributed by atoms with Gasteiger partial charge in [0.25, 0.3) is 0 Å². The molecule has 17 heavy (non-hydrogen) atoms. The van der Waals surface area contributed by atoms with E-state index in [1.807, 2.05) is 0 Å². The molecule has 0 aromatic rings. The number of unbranched alkanes of at least 4 members (excludes halogenated alkanes) is 5. The van der Waals surface area contributed by atoms with Crippen molar-refractivity contribution in [3.63, 3.8) is 0 Å². The molecule has 0 aliphatic heterocycles. The molecule has 0 bridgehead atoms. The minimum absolute atomic E-state index is 0.850. The van der Waals surface area contributed by atoms with Gasteiger partial charge in [0.1, 0.15) is 0 Å². The van der Waals surface area contributed by atoms with Gasteiger partial charge in [0, 0.05) is 0 Å². The Morgan fingerprint density at radius 1 is 0.765 bits per heavy atom. The van der Waals surface area contributed by atoms with E-state index in [1.165, 1.54) is 51.4 Å². The Kier molecular flexibility index (Phi) is 11.1. The zero-order valence-electron chi connectivity index (χ0n) is 12.8. The molecule has 0 fully saturated rings. The van der Waals surface area contributed by atoms with E-state index < -0.39 is 0 Å². The van der Waals surface area contributed by atoms with Crippen molar-refractivity contribution in [1.29, 1.82) is 0 Å². The summed E-state index contributed by atoms with van der Waals surface area (Å²) >= 11 is 0. The molecule has 0 N–H and O–H groups in total. The summed E-state index contributed by atoms with van der Waals surface area (Å²) in [5.41, 5.74) is 0. The Morgan fingerprint density at radius 2 is 1.29 bits per heavy atom. The van der Waals surface area contributed by atoms with E-state index in [4.69, 9.17) is 0 Å². The first-order valence-corrected chi connectivity index (χ1v) is 7.92. The van der Waals surface area contributed by atoms with Gasteiger partial charge in [-0.15, -0.1) is 0 Å². The topological polar surface area (TPSA) is 0 Å². The van der Waals surface area contributed by atoms with Gasteiger partial charge in [0.05, 0.1) is 0 Å². The molecule has 0 spiro atoms. The van der Waals surface area contributed by atoms with Gasteiger partial charge in [-0.25, -0.2) is 0 Å². The highest BCUT2D eigenvalue weighted by Crippen LogP contribution is 2.27. The normalized spacial score (nSPS) is 16.8. The van der Waals surface area contributed by atoms with Crippen molar-refractivity contribution in [2.45, 2.75) is 85.5 Å². The zero-order chi connectivity index (χ0) is 13.1. The Hall–Kier alpha value is 0. The second kappa shape index (κ2) is 11.1. The highest BCUT2D eigenvalue weighted by atomic mass is 14.2. The Balaban J connectivity index is 3.53. The van der Waals surface area contributed by atoms with Gasteiger partial charge in [0.2, 0.25) is 0 Å². The predicted molar refractivity (Wildman–Crippen MR) is 80.1 cm³/mol. The molecule has 0 saturated heterocycles. The zero-order valence-corrected chi connectivity index (χ0v) is 12.8. The Bertz CT molecular complexity index is 150. The van der Waals surface area contributed by atoms with Crippen LogP contribution in [0, 0.1) is 24.7 Å². The maximum atomic E-state index is 3.97. The molecule has 0 amide bonds. The first-order valence-electron chi connectivity index (χ1n) is 7.92. The van der Waals surface area contributed by atoms with Crippen molar-refractivity contribution in [2.24, 2.45) is 17.8 Å². The quantitative estimate of drug-likeness (QED) is 0.373. The van der Waals surface area contributed by atoms with E-state index in [-0.39, 0.29) is 0 Å². The lowest BCUT2D eigenvalue weighted by Crippen LogP contribution is -2.16. The van der Waals surface area contributed by atoms with Crippen molar-refractivity contribution in [1.82, 2.24) is 0 Å². The monoisotopic (exact) mass is 239 g/mol. The van der Waals surface area contributed by atoms with Crippen LogP contribution in [-0.2, 0) is 0 Å². The van der Waals surface area contributed by atoms with Crippen LogP contribution in [0.4, 0.5) is 0 Å². The van der Waals surface area contributed by atoms with Crippen molar-refractivity contribution < 1.29 is 0 Å². The standard InChI is InChI=1S/C17H35/c1-6-8-9-10-11-12-14-16(4)17(5)15(3)13-7-2/h15-17H,2,6-14H2,1,3-5H3. The smallest absolute Gasteiger partial charge is 0.0391 e. The third-order valence-corrected chi connectivity index (χ3v) is 4.47. The lowest BCUT2D eigenvalue weighted by atomic mass is 9.80. The van der Waals surface area contributed by atoms with Gasteiger partial charge in [-0.05, 0) is 17.8 Å². The molecule has 0 aliphatic carbocycles.